The summed E-state index contributed by atoms with van der Waals surface area (Å²) >= 11 is 0. The van der Waals surface area contributed by atoms with Crippen molar-refractivity contribution < 1.29 is 0 Å². The van der Waals surface area contributed by atoms with E-state index in [9.17, 15) is 0 Å². The van der Waals surface area contributed by atoms with Crippen molar-refractivity contribution in [1.29, 1.82) is 0 Å². The second kappa shape index (κ2) is 1.83. The van der Waals surface area contributed by atoms with E-state index >= 15 is 0 Å². The van der Waals surface area contributed by atoms with Crippen LogP contribution in [0.3, 0.4) is 0 Å². The molecule has 0 aromatic carbocycles. The van der Waals surface area contributed by atoms with Crippen molar-refractivity contribution in [3.63, 3.8) is 0 Å². The molecule has 0 spiro atoms. The second-order valence-electron chi connectivity index (χ2n) is 2.11. The molecule has 2 aromatic heterocycles. The first kappa shape index (κ1) is 5.46. The molecule has 4 nitrogen and oxygen atoms in total. The van der Waals surface area contributed by atoms with Crippen molar-refractivity contribution in [2.45, 2.75) is 13.3 Å². The zero-order chi connectivity index (χ0) is 6.97. The maximum atomic E-state index is 4.21. The molecule has 0 saturated carbocycles. The molecule has 0 amide bonds. The van der Waals surface area contributed by atoms with Crippen LogP contribution in [-0.2, 0) is 6.42 Å². The van der Waals surface area contributed by atoms with Crippen LogP contribution in [0.4, 0.5) is 0 Å². The fourth-order valence-electron chi connectivity index (χ4n) is 0.904. The highest BCUT2D eigenvalue weighted by atomic mass is 15.4. The standard InChI is InChI=1S/C6H8N4/c1-2-5-8-6-3-4-7-10(6)9-5/h3-4,7H,2H2,1H3. The van der Waals surface area contributed by atoms with Gasteiger partial charge in [0.15, 0.2) is 11.5 Å². The molecule has 0 aliphatic carbocycles. The molecule has 4 heteroatoms. The summed E-state index contributed by atoms with van der Waals surface area (Å²) in [6, 6.07) is 1.90. The van der Waals surface area contributed by atoms with Crippen molar-refractivity contribution in [2.24, 2.45) is 0 Å². The van der Waals surface area contributed by atoms with E-state index in [0.717, 1.165) is 17.9 Å². The number of aryl methyl sites for hydroxylation is 1. The van der Waals surface area contributed by atoms with Gasteiger partial charge < -0.3 is 0 Å². The van der Waals surface area contributed by atoms with Crippen molar-refractivity contribution in [3.05, 3.63) is 18.1 Å². The molecule has 0 bridgehead atoms. The summed E-state index contributed by atoms with van der Waals surface area (Å²) < 4.78 is 1.67. The number of aromatic amines is 1. The number of nitrogens with one attached hydrogen (secondary N) is 1. The molecular weight excluding hydrogens is 128 g/mol. The van der Waals surface area contributed by atoms with E-state index in [1.807, 2.05) is 19.2 Å². The first-order valence-corrected chi connectivity index (χ1v) is 3.29. The van der Waals surface area contributed by atoms with Gasteiger partial charge in [-0.15, -0.1) is 5.10 Å². The summed E-state index contributed by atoms with van der Waals surface area (Å²) in [5.41, 5.74) is 0.886. The molecule has 10 heavy (non-hydrogen) atoms. The van der Waals surface area contributed by atoms with E-state index in [2.05, 4.69) is 15.2 Å². The van der Waals surface area contributed by atoms with Crippen LogP contribution in [0.5, 0.6) is 0 Å². The lowest BCUT2D eigenvalue weighted by Gasteiger charge is -1.78. The molecule has 0 fully saturated rings. The fourth-order valence-corrected chi connectivity index (χ4v) is 0.904. The molecule has 0 saturated heterocycles. The van der Waals surface area contributed by atoms with Crippen LogP contribution in [0.1, 0.15) is 12.7 Å². The average Bonchev–Trinajstić information content (AvgIpc) is 2.42. The molecule has 0 unspecified atom stereocenters. The molecule has 2 aromatic rings. The number of nitrogens with zero attached hydrogens (tertiary/aromatic N) is 3. The summed E-state index contributed by atoms with van der Waals surface area (Å²) in [6.45, 7) is 2.04. The third-order valence-electron chi connectivity index (χ3n) is 1.42. The normalized spacial score (nSPS) is 10.9. The van der Waals surface area contributed by atoms with Crippen molar-refractivity contribution in [1.82, 2.24) is 19.8 Å². The number of H-pyrrole nitrogens is 1. The highest BCUT2D eigenvalue weighted by Gasteiger charge is 1.99. The van der Waals surface area contributed by atoms with Crippen LogP contribution in [-0.4, -0.2) is 19.8 Å². The number of rotatable bonds is 1. The van der Waals surface area contributed by atoms with E-state index < -0.39 is 0 Å². The third-order valence-corrected chi connectivity index (χ3v) is 1.42. The van der Waals surface area contributed by atoms with Crippen LogP contribution in [0.25, 0.3) is 5.65 Å². The predicted molar refractivity (Wildman–Crippen MR) is 36.7 cm³/mol. The lowest BCUT2D eigenvalue weighted by molar-refractivity contribution is 0.789. The lowest BCUT2D eigenvalue weighted by atomic mass is 10.5. The summed E-state index contributed by atoms with van der Waals surface area (Å²) in [5.74, 6) is 0.881. The van der Waals surface area contributed by atoms with E-state index in [-0.39, 0.29) is 0 Å². The Balaban J connectivity index is 2.67. The van der Waals surface area contributed by atoms with Gasteiger partial charge in [0.05, 0.1) is 0 Å². The minimum Gasteiger partial charge on any atom is -0.284 e. The quantitative estimate of drug-likeness (QED) is 0.624. The van der Waals surface area contributed by atoms with Gasteiger partial charge in [0, 0.05) is 18.7 Å². The fraction of sp³-hybridized carbons (Fsp3) is 0.333. The molecule has 0 aliphatic heterocycles. The molecule has 2 heterocycles. The van der Waals surface area contributed by atoms with E-state index in [1.54, 1.807) is 4.63 Å². The Kier molecular flexibility index (Phi) is 1.00. The molecule has 0 atom stereocenters. The van der Waals surface area contributed by atoms with Gasteiger partial charge in [-0.3, -0.25) is 5.10 Å². The van der Waals surface area contributed by atoms with Crippen molar-refractivity contribution >= 4 is 5.65 Å². The Morgan fingerprint density at radius 1 is 1.70 bits per heavy atom. The Morgan fingerprint density at radius 2 is 2.60 bits per heavy atom. The minimum atomic E-state index is 0.881. The first-order valence-electron chi connectivity index (χ1n) is 3.29. The highest BCUT2D eigenvalue weighted by molar-refractivity contribution is 5.34. The maximum Gasteiger partial charge on any atom is 0.175 e. The molecule has 1 N–H and O–H groups in total. The maximum absolute atomic E-state index is 4.21. The van der Waals surface area contributed by atoms with Crippen LogP contribution >= 0.6 is 0 Å². The Labute approximate surface area is 57.9 Å². The molecule has 52 valence electrons. The van der Waals surface area contributed by atoms with Gasteiger partial charge in [-0.05, 0) is 0 Å². The Hall–Kier alpha value is -1.32. The van der Waals surface area contributed by atoms with Gasteiger partial charge in [-0.2, -0.15) is 4.63 Å². The van der Waals surface area contributed by atoms with Gasteiger partial charge in [0.2, 0.25) is 0 Å². The lowest BCUT2D eigenvalue weighted by Crippen LogP contribution is -1.87. The monoisotopic (exact) mass is 136 g/mol. The van der Waals surface area contributed by atoms with Crippen LogP contribution in [0.15, 0.2) is 12.3 Å². The Bertz CT molecular complexity index is 303. The average molecular weight is 136 g/mol. The minimum absolute atomic E-state index is 0.881. The largest absolute Gasteiger partial charge is 0.284 e. The van der Waals surface area contributed by atoms with Gasteiger partial charge in [-0.25, -0.2) is 4.98 Å². The van der Waals surface area contributed by atoms with Gasteiger partial charge >= 0.3 is 0 Å². The predicted octanol–water partition coefficient (Wildman–Crippen LogP) is 0.620. The summed E-state index contributed by atoms with van der Waals surface area (Å²) in [7, 11) is 0. The summed E-state index contributed by atoms with van der Waals surface area (Å²) in [6.07, 6.45) is 2.70. The van der Waals surface area contributed by atoms with E-state index in [1.165, 1.54) is 0 Å². The summed E-state index contributed by atoms with van der Waals surface area (Å²) in [5, 5.41) is 7.06. The third kappa shape index (κ3) is 0.618. The number of aromatic nitrogens is 4. The van der Waals surface area contributed by atoms with Crippen molar-refractivity contribution in [2.75, 3.05) is 0 Å². The topological polar surface area (TPSA) is 46.0 Å². The zero-order valence-electron chi connectivity index (χ0n) is 5.70. The molecule has 0 aliphatic rings. The number of hydrogen-bond donors (Lipinski definition) is 1. The smallest absolute Gasteiger partial charge is 0.175 e. The SMILES string of the molecule is CCc1nc2cc[nH]n2n1. The zero-order valence-corrected chi connectivity index (χ0v) is 5.70. The molecular formula is C6H8N4. The Morgan fingerprint density at radius 3 is 3.30 bits per heavy atom. The number of hydrogen-bond acceptors (Lipinski definition) is 2. The molecule has 2 rings (SSSR count). The first-order chi connectivity index (χ1) is 4.90. The van der Waals surface area contributed by atoms with Gasteiger partial charge in [-0.1, -0.05) is 6.92 Å². The highest BCUT2D eigenvalue weighted by Crippen LogP contribution is 1.97. The van der Waals surface area contributed by atoms with E-state index in [4.69, 9.17) is 0 Å². The van der Waals surface area contributed by atoms with Crippen LogP contribution < -0.4 is 0 Å². The van der Waals surface area contributed by atoms with Gasteiger partial charge in [0.1, 0.15) is 0 Å². The van der Waals surface area contributed by atoms with Crippen LogP contribution in [0.2, 0.25) is 0 Å². The molecule has 0 radical (unpaired) electrons. The second-order valence-corrected chi connectivity index (χ2v) is 2.11. The number of fused-ring (bicyclic) bond motifs is 1. The van der Waals surface area contributed by atoms with Crippen molar-refractivity contribution in [3.8, 4) is 0 Å². The van der Waals surface area contributed by atoms with Gasteiger partial charge in [0.25, 0.3) is 0 Å². The van der Waals surface area contributed by atoms with E-state index in [0.29, 0.717) is 0 Å². The summed E-state index contributed by atoms with van der Waals surface area (Å²) in [4.78, 5) is 4.21. The van der Waals surface area contributed by atoms with Crippen LogP contribution in [0, 0.1) is 0 Å².